The summed E-state index contributed by atoms with van der Waals surface area (Å²) in [6, 6.07) is 6.32. The van der Waals surface area contributed by atoms with Crippen molar-refractivity contribution < 1.29 is 18.0 Å². The highest BCUT2D eigenvalue weighted by atomic mass is 32.2. The van der Waals surface area contributed by atoms with Gasteiger partial charge in [-0.05, 0) is 38.8 Å². The van der Waals surface area contributed by atoms with Gasteiger partial charge in [-0.1, -0.05) is 12.1 Å². The number of rotatable bonds is 6. The summed E-state index contributed by atoms with van der Waals surface area (Å²) in [4.78, 5) is 27.3. The Labute approximate surface area is 170 Å². The number of amides is 2. The van der Waals surface area contributed by atoms with Crippen molar-refractivity contribution in [2.75, 3.05) is 6.54 Å². The number of hydrogen-bond donors (Lipinski definition) is 0. The first-order chi connectivity index (χ1) is 13.7. The summed E-state index contributed by atoms with van der Waals surface area (Å²) in [6.07, 6.45) is 1.85. The van der Waals surface area contributed by atoms with Gasteiger partial charge in [0.15, 0.2) is 0 Å². The highest BCUT2D eigenvalue weighted by Crippen LogP contribution is 2.32. The van der Waals surface area contributed by atoms with E-state index in [1.54, 1.807) is 21.7 Å². The van der Waals surface area contributed by atoms with Crippen LogP contribution < -0.4 is 0 Å². The zero-order valence-corrected chi connectivity index (χ0v) is 17.6. The monoisotopic (exact) mass is 416 g/mol. The maximum atomic E-state index is 13.0. The third-order valence-corrected chi connectivity index (χ3v) is 7.58. The Balaban J connectivity index is 1.49. The van der Waals surface area contributed by atoms with Crippen LogP contribution in [0.1, 0.15) is 46.6 Å². The van der Waals surface area contributed by atoms with Crippen LogP contribution in [0.25, 0.3) is 0 Å². The van der Waals surface area contributed by atoms with E-state index in [1.165, 1.54) is 12.1 Å². The number of carbonyl (C=O) groups excluding carboxylic acids is 2. The molecule has 2 aliphatic rings. The Morgan fingerprint density at radius 2 is 1.93 bits per heavy atom. The molecule has 0 unspecified atom stereocenters. The highest BCUT2D eigenvalue weighted by molar-refractivity contribution is 7.90. The minimum absolute atomic E-state index is 0.0121. The summed E-state index contributed by atoms with van der Waals surface area (Å²) in [7, 11) is -2.02. The fourth-order valence-corrected chi connectivity index (χ4v) is 5.39. The number of benzene rings is 1. The van der Waals surface area contributed by atoms with Crippen LogP contribution in [0.2, 0.25) is 0 Å². The van der Waals surface area contributed by atoms with Crippen LogP contribution in [0, 0.1) is 13.8 Å². The lowest BCUT2D eigenvalue weighted by Gasteiger charge is -2.24. The Kier molecular flexibility index (Phi) is 4.72. The van der Waals surface area contributed by atoms with Crippen LogP contribution in [0.5, 0.6) is 0 Å². The highest BCUT2D eigenvalue weighted by Gasteiger charge is 2.41. The quantitative estimate of drug-likeness (QED) is 0.715. The van der Waals surface area contributed by atoms with Crippen LogP contribution >= 0.6 is 0 Å². The molecule has 1 aromatic heterocycles. The molecule has 0 spiro atoms. The predicted octanol–water partition coefficient (Wildman–Crippen LogP) is 1.76. The van der Waals surface area contributed by atoms with Crippen molar-refractivity contribution in [2.45, 2.75) is 50.6 Å². The van der Waals surface area contributed by atoms with Crippen molar-refractivity contribution in [1.82, 2.24) is 19.0 Å². The Bertz CT molecular complexity index is 1100. The van der Waals surface area contributed by atoms with E-state index in [0.29, 0.717) is 6.54 Å². The SMILES string of the molecule is Cc1nn(C)c(C)c1CN(C(=O)CCN1C(=O)c2ccccc2S1(=O)=O)C1CC1. The number of aryl methyl sites for hydroxylation is 2. The molecule has 0 atom stereocenters. The maximum absolute atomic E-state index is 13.0. The molecule has 1 aliphatic carbocycles. The average molecular weight is 417 g/mol. The molecule has 2 heterocycles. The van der Waals surface area contributed by atoms with Gasteiger partial charge >= 0.3 is 0 Å². The summed E-state index contributed by atoms with van der Waals surface area (Å²) in [5.74, 6) is -0.709. The van der Waals surface area contributed by atoms with E-state index < -0.39 is 15.9 Å². The number of hydrogen-bond acceptors (Lipinski definition) is 5. The Hall–Kier alpha value is -2.68. The average Bonchev–Trinajstić information content (AvgIpc) is 3.45. The van der Waals surface area contributed by atoms with Crippen molar-refractivity contribution in [3.8, 4) is 0 Å². The molecule has 2 aromatic rings. The second kappa shape index (κ2) is 6.98. The van der Waals surface area contributed by atoms with Gasteiger partial charge in [-0.2, -0.15) is 5.10 Å². The van der Waals surface area contributed by atoms with Gasteiger partial charge in [0, 0.05) is 43.9 Å². The van der Waals surface area contributed by atoms with Crippen molar-refractivity contribution in [1.29, 1.82) is 0 Å². The largest absolute Gasteiger partial charge is 0.335 e. The van der Waals surface area contributed by atoms with Gasteiger partial charge in [0.25, 0.3) is 15.9 Å². The first kappa shape index (κ1) is 19.6. The molecule has 0 bridgehead atoms. The van der Waals surface area contributed by atoms with E-state index in [-0.39, 0.29) is 35.4 Å². The van der Waals surface area contributed by atoms with Gasteiger partial charge in [-0.25, -0.2) is 12.7 Å². The number of fused-ring (bicyclic) bond motifs is 1. The summed E-state index contributed by atoms with van der Waals surface area (Å²) in [6.45, 7) is 4.20. The van der Waals surface area contributed by atoms with Crippen LogP contribution in [-0.2, 0) is 28.4 Å². The minimum atomic E-state index is -3.89. The molecule has 1 fully saturated rings. The molecule has 9 heteroatoms. The Morgan fingerprint density at radius 1 is 1.24 bits per heavy atom. The lowest BCUT2D eigenvalue weighted by molar-refractivity contribution is -0.132. The van der Waals surface area contributed by atoms with E-state index in [0.717, 1.165) is 34.1 Å². The first-order valence-electron chi connectivity index (χ1n) is 9.66. The zero-order valence-electron chi connectivity index (χ0n) is 16.8. The smallest absolute Gasteiger partial charge is 0.269 e. The van der Waals surface area contributed by atoms with Crippen molar-refractivity contribution in [3.05, 3.63) is 46.8 Å². The van der Waals surface area contributed by atoms with Crippen LogP contribution in [0.15, 0.2) is 29.2 Å². The summed E-state index contributed by atoms with van der Waals surface area (Å²) < 4.78 is 28.0. The second-order valence-electron chi connectivity index (χ2n) is 7.65. The van der Waals surface area contributed by atoms with Gasteiger partial charge in [0.05, 0.1) is 11.3 Å². The van der Waals surface area contributed by atoms with Crippen LogP contribution in [0.4, 0.5) is 0 Å². The topological polar surface area (TPSA) is 92.6 Å². The van der Waals surface area contributed by atoms with Gasteiger partial charge in [0.1, 0.15) is 4.90 Å². The van der Waals surface area contributed by atoms with Crippen LogP contribution in [-0.4, -0.2) is 51.8 Å². The third kappa shape index (κ3) is 3.33. The molecule has 0 N–H and O–H groups in total. The zero-order chi connectivity index (χ0) is 20.9. The summed E-state index contributed by atoms with van der Waals surface area (Å²) in [5.41, 5.74) is 3.08. The van der Waals surface area contributed by atoms with Gasteiger partial charge in [0.2, 0.25) is 5.91 Å². The molecular weight excluding hydrogens is 392 g/mol. The summed E-state index contributed by atoms with van der Waals surface area (Å²) in [5, 5.41) is 4.41. The number of carbonyl (C=O) groups is 2. The second-order valence-corrected chi connectivity index (χ2v) is 9.49. The van der Waals surface area contributed by atoms with E-state index in [9.17, 15) is 18.0 Å². The van der Waals surface area contributed by atoms with Gasteiger partial charge in [-0.3, -0.25) is 14.3 Å². The number of aromatic nitrogens is 2. The third-order valence-electron chi connectivity index (χ3n) is 5.74. The molecule has 8 nitrogen and oxygen atoms in total. The molecule has 2 amide bonds. The first-order valence-corrected chi connectivity index (χ1v) is 11.1. The molecule has 29 heavy (non-hydrogen) atoms. The summed E-state index contributed by atoms with van der Waals surface area (Å²) >= 11 is 0. The lowest BCUT2D eigenvalue weighted by atomic mass is 10.1. The van der Waals surface area contributed by atoms with E-state index >= 15 is 0 Å². The lowest BCUT2D eigenvalue weighted by Crippen LogP contribution is -2.37. The molecule has 1 aliphatic heterocycles. The van der Waals surface area contributed by atoms with Crippen molar-refractivity contribution in [2.24, 2.45) is 7.05 Å². The van der Waals surface area contributed by atoms with Crippen molar-refractivity contribution in [3.63, 3.8) is 0 Å². The molecule has 0 radical (unpaired) electrons. The van der Waals surface area contributed by atoms with Crippen LogP contribution in [0.3, 0.4) is 0 Å². The van der Waals surface area contributed by atoms with E-state index in [4.69, 9.17) is 0 Å². The fraction of sp³-hybridized carbons (Fsp3) is 0.450. The normalized spacial score (nSPS) is 17.5. The van der Waals surface area contributed by atoms with Gasteiger partial charge < -0.3 is 4.90 Å². The number of nitrogens with zero attached hydrogens (tertiary/aromatic N) is 4. The molecular formula is C20H24N4O4S. The molecule has 1 saturated carbocycles. The minimum Gasteiger partial charge on any atom is -0.335 e. The van der Waals surface area contributed by atoms with Gasteiger partial charge in [-0.15, -0.1) is 0 Å². The van der Waals surface area contributed by atoms with Crippen molar-refractivity contribution >= 4 is 21.8 Å². The standard InChI is InChI=1S/C20H24N4O4S/c1-13-17(14(2)22(3)21-13)12-23(15-8-9-15)19(25)10-11-24-20(26)16-6-4-5-7-18(16)29(24,27)28/h4-7,15H,8-12H2,1-3H3. The maximum Gasteiger partial charge on any atom is 0.269 e. The fourth-order valence-electron chi connectivity index (χ4n) is 3.82. The van der Waals surface area contributed by atoms with E-state index in [1.807, 2.05) is 20.9 Å². The predicted molar refractivity (Wildman–Crippen MR) is 106 cm³/mol. The number of sulfonamides is 1. The molecule has 4 rings (SSSR count). The molecule has 154 valence electrons. The molecule has 1 aromatic carbocycles. The molecule has 0 saturated heterocycles. The Morgan fingerprint density at radius 3 is 2.52 bits per heavy atom. The van der Waals surface area contributed by atoms with E-state index in [2.05, 4.69) is 5.10 Å².